The van der Waals surface area contributed by atoms with E-state index in [4.69, 9.17) is 0 Å². The molecule has 0 aromatic heterocycles. The summed E-state index contributed by atoms with van der Waals surface area (Å²) in [5.41, 5.74) is -0.265. The molecule has 3 N–H and O–H groups in total. The van der Waals surface area contributed by atoms with Crippen molar-refractivity contribution in [1.82, 2.24) is 15.4 Å². The normalized spacial score (nSPS) is 11.5. The third-order valence-corrected chi connectivity index (χ3v) is 4.63. The van der Waals surface area contributed by atoms with E-state index in [1.807, 2.05) is 6.92 Å². The van der Waals surface area contributed by atoms with Crippen molar-refractivity contribution in [3.63, 3.8) is 0 Å². The van der Waals surface area contributed by atoms with E-state index in [0.717, 1.165) is 18.9 Å². The zero-order chi connectivity index (χ0) is 18.7. The van der Waals surface area contributed by atoms with Crippen molar-refractivity contribution in [3.05, 3.63) is 34.4 Å². The fourth-order valence-corrected chi connectivity index (χ4v) is 2.98. The number of rotatable bonds is 10. The van der Waals surface area contributed by atoms with E-state index in [0.29, 0.717) is 25.6 Å². The summed E-state index contributed by atoms with van der Waals surface area (Å²) < 4.78 is 26.8. The number of hydrogen-bond acceptors (Lipinski definition) is 5. The smallest absolute Gasteiger partial charge is 0.270 e. The lowest BCUT2D eigenvalue weighted by Crippen LogP contribution is -2.41. The number of guanidine groups is 1. The first-order valence-electron chi connectivity index (χ1n) is 8.17. The van der Waals surface area contributed by atoms with E-state index in [1.165, 1.54) is 18.2 Å². The van der Waals surface area contributed by atoms with Crippen LogP contribution >= 0.6 is 24.0 Å². The van der Waals surface area contributed by atoms with Crippen LogP contribution in [0.2, 0.25) is 0 Å². The van der Waals surface area contributed by atoms with Gasteiger partial charge in [0.15, 0.2) is 5.96 Å². The van der Waals surface area contributed by atoms with Gasteiger partial charge >= 0.3 is 0 Å². The van der Waals surface area contributed by atoms with Crippen molar-refractivity contribution in [3.8, 4) is 0 Å². The number of hydrogen-bond donors (Lipinski definition) is 3. The van der Waals surface area contributed by atoms with Gasteiger partial charge in [-0.2, -0.15) is 0 Å². The Kier molecular flexibility index (Phi) is 12.1. The van der Waals surface area contributed by atoms with Gasteiger partial charge in [-0.05, 0) is 19.4 Å². The second-order valence-corrected chi connectivity index (χ2v) is 6.96. The standard InChI is InChI=1S/C15H25N5O4S.HI/c1-3-5-9-17-15(16-4-2)18-10-11-19-25(23,24)14-8-6-7-13(12-14)20(21)22;/h6-8,12,19H,3-5,9-11H2,1-2H3,(H2,16,17,18);1H. The van der Waals surface area contributed by atoms with Crippen LogP contribution in [0.1, 0.15) is 26.7 Å². The molecular weight excluding hydrogens is 473 g/mol. The fourth-order valence-electron chi connectivity index (χ4n) is 1.90. The molecule has 1 aromatic rings. The highest BCUT2D eigenvalue weighted by molar-refractivity contribution is 14.0. The molecule has 0 heterocycles. The molecule has 11 heteroatoms. The minimum Gasteiger partial charge on any atom is -0.357 e. The molecule has 1 rings (SSSR count). The first kappa shape index (κ1) is 24.5. The monoisotopic (exact) mass is 499 g/mol. The summed E-state index contributed by atoms with van der Waals surface area (Å²) in [7, 11) is -3.80. The van der Waals surface area contributed by atoms with Crippen LogP contribution < -0.4 is 15.4 Å². The van der Waals surface area contributed by atoms with Crippen LogP contribution in [0.25, 0.3) is 0 Å². The van der Waals surface area contributed by atoms with Gasteiger partial charge in [0.2, 0.25) is 10.0 Å². The first-order chi connectivity index (χ1) is 11.9. The van der Waals surface area contributed by atoms with Gasteiger partial charge in [-0.3, -0.25) is 15.1 Å². The SMILES string of the molecule is CCCCN=C(NCC)NCCNS(=O)(=O)c1cccc([N+](=O)[O-])c1.I. The Labute approximate surface area is 171 Å². The number of unbranched alkanes of at least 4 members (excludes halogenated alkanes) is 1. The molecule has 0 saturated carbocycles. The van der Waals surface area contributed by atoms with E-state index < -0.39 is 14.9 Å². The maximum absolute atomic E-state index is 12.2. The Morgan fingerprint density at radius 1 is 1.23 bits per heavy atom. The van der Waals surface area contributed by atoms with E-state index >= 15 is 0 Å². The summed E-state index contributed by atoms with van der Waals surface area (Å²) in [4.78, 5) is 14.4. The van der Waals surface area contributed by atoms with Gasteiger partial charge in [-0.1, -0.05) is 19.4 Å². The summed E-state index contributed by atoms with van der Waals surface area (Å²) in [6.45, 7) is 5.90. The molecule has 0 aliphatic carbocycles. The average molecular weight is 499 g/mol. The largest absolute Gasteiger partial charge is 0.357 e. The number of nitrogens with one attached hydrogen (secondary N) is 3. The molecule has 1 aromatic carbocycles. The van der Waals surface area contributed by atoms with Crippen molar-refractivity contribution in [2.75, 3.05) is 26.2 Å². The molecule has 0 bridgehead atoms. The maximum atomic E-state index is 12.2. The lowest BCUT2D eigenvalue weighted by Gasteiger charge is -2.12. The molecule has 0 aliphatic rings. The van der Waals surface area contributed by atoms with Crippen LogP contribution in [0.15, 0.2) is 34.2 Å². The third-order valence-electron chi connectivity index (χ3n) is 3.17. The number of nitro benzene ring substituents is 1. The van der Waals surface area contributed by atoms with Gasteiger partial charge in [0.05, 0.1) is 9.82 Å². The van der Waals surface area contributed by atoms with Gasteiger partial charge in [0.1, 0.15) is 0 Å². The highest BCUT2D eigenvalue weighted by Crippen LogP contribution is 2.16. The molecule has 0 spiro atoms. The summed E-state index contributed by atoms with van der Waals surface area (Å²) >= 11 is 0. The van der Waals surface area contributed by atoms with E-state index in [9.17, 15) is 18.5 Å². The highest BCUT2D eigenvalue weighted by atomic mass is 127. The maximum Gasteiger partial charge on any atom is 0.270 e. The molecule has 0 atom stereocenters. The van der Waals surface area contributed by atoms with Crippen molar-refractivity contribution in [2.45, 2.75) is 31.6 Å². The number of benzene rings is 1. The lowest BCUT2D eigenvalue weighted by atomic mass is 10.3. The predicted octanol–water partition coefficient (Wildman–Crippen LogP) is 1.85. The molecule has 0 aliphatic heterocycles. The molecular formula is C15H26IN5O4S. The number of aliphatic imine (C=N–C) groups is 1. The van der Waals surface area contributed by atoms with Gasteiger partial charge in [-0.25, -0.2) is 13.1 Å². The van der Waals surface area contributed by atoms with E-state index in [1.54, 1.807) is 0 Å². The van der Waals surface area contributed by atoms with Crippen molar-refractivity contribution in [1.29, 1.82) is 0 Å². The zero-order valence-electron chi connectivity index (χ0n) is 14.9. The van der Waals surface area contributed by atoms with Crippen LogP contribution in [0, 0.1) is 10.1 Å². The van der Waals surface area contributed by atoms with Crippen LogP contribution in [0.5, 0.6) is 0 Å². The predicted molar refractivity (Wildman–Crippen MR) is 113 cm³/mol. The first-order valence-corrected chi connectivity index (χ1v) is 9.65. The third kappa shape index (κ3) is 8.76. The molecule has 0 amide bonds. The number of sulfonamides is 1. The molecule has 26 heavy (non-hydrogen) atoms. The highest BCUT2D eigenvalue weighted by Gasteiger charge is 2.16. The minimum atomic E-state index is -3.80. The Hall–Kier alpha value is -1.47. The molecule has 0 unspecified atom stereocenters. The fraction of sp³-hybridized carbons (Fsp3) is 0.533. The quantitative estimate of drug-likeness (QED) is 0.113. The summed E-state index contributed by atoms with van der Waals surface area (Å²) in [5.74, 6) is 0.630. The van der Waals surface area contributed by atoms with Crippen LogP contribution in [-0.4, -0.2) is 45.5 Å². The molecule has 0 saturated heterocycles. The zero-order valence-corrected chi connectivity index (χ0v) is 18.0. The Morgan fingerprint density at radius 3 is 2.58 bits per heavy atom. The van der Waals surface area contributed by atoms with Crippen molar-refractivity contribution in [2.24, 2.45) is 4.99 Å². The van der Waals surface area contributed by atoms with E-state index in [-0.39, 0.29) is 41.1 Å². The Bertz CT molecular complexity index is 697. The van der Waals surface area contributed by atoms with Crippen molar-refractivity contribution >= 4 is 45.6 Å². The number of nitrogens with zero attached hydrogens (tertiary/aromatic N) is 2. The molecule has 0 fully saturated rings. The van der Waals surface area contributed by atoms with Gasteiger partial charge in [0.25, 0.3) is 5.69 Å². The Balaban J connectivity index is 0.00000625. The van der Waals surface area contributed by atoms with Crippen molar-refractivity contribution < 1.29 is 13.3 Å². The topological polar surface area (TPSA) is 126 Å². The van der Waals surface area contributed by atoms with Crippen LogP contribution in [0.4, 0.5) is 5.69 Å². The Morgan fingerprint density at radius 2 is 1.96 bits per heavy atom. The molecule has 9 nitrogen and oxygen atoms in total. The van der Waals surface area contributed by atoms with Crippen LogP contribution in [0.3, 0.4) is 0 Å². The summed E-state index contributed by atoms with van der Waals surface area (Å²) in [6, 6.07) is 4.94. The van der Waals surface area contributed by atoms with Gasteiger partial charge in [-0.15, -0.1) is 24.0 Å². The second-order valence-electron chi connectivity index (χ2n) is 5.19. The summed E-state index contributed by atoms with van der Waals surface area (Å²) in [6.07, 6.45) is 2.03. The van der Waals surface area contributed by atoms with Crippen LogP contribution in [-0.2, 0) is 10.0 Å². The van der Waals surface area contributed by atoms with Gasteiger partial charge in [0, 0.05) is 38.3 Å². The molecule has 0 radical (unpaired) electrons. The lowest BCUT2D eigenvalue weighted by molar-refractivity contribution is -0.385. The molecule has 148 valence electrons. The van der Waals surface area contributed by atoms with Gasteiger partial charge < -0.3 is 10.6 Å². The number of nitro groups is 1. The number of non-ortho nitro benzene ring substituents is 1. The second kappa shape index (κ2) is 12.8. The minimum absolute atomic E-state index is 0. The summed E-state index contributed by atoms with van der Waals surface area (Å²) in [5, 5.41) is 16.9. The van der Waals surface area contributed by atoms with E-state index in [2.05, 4.69) is 27.3 Å². The number of halogens is 1. The average Bonchev–Trinajstić information content (AvgIpc) is 2.59.